The van der Waals surface area contributed by atoms with E-state index in [-0.39, 0.29) is 0 Å². The van der Waals surface area contributed by atoms with Crippen LogP contribution in [-0.2, 0) is 0 Å². The van der Waals surface area contributed by atoms with Crippen molar-refractivity contribution in [2.45, 2.75) is 39.2 Å². The molecular formula is C10H22N2. The van der Waals surface area contributed by atoms with Gasteiger partial charge in [0, 0.05) is 6.04 Å². The van der Waals surface area contributed by atoms with E-state index in [1.54, 1.807) is 0 Å². The monoisotopic (exact) mass is 170 g/mol. The highest BCUT2D eigenvalue weighted by molar-refractivity contribution is 4.75. The van der Waals surface area contributed by atoms with Crippen LogP contribution in [0.2, 0.25) is 0 Å². The van der Waals surface area contributed by atoms with Crippen LogP contribution in [0.5, 0.6) is 0 Å². The van der Waals surface area contributed by atoms with Crippen molar-refractivity contribution in [3.63, 3.8) is 0 Å². The van der Waals surface area contributed by atoms with E-state index in [1.807, 2.05) is 0 Å². The van der Waals surface area contributed by atoms with Gasteiger partial charge in [0.25, 0.3) is 0 Å². The minimum atomic E-state index is 0.767. The lowest BCUT2D eigenvalue weighted by Gasteiger charge is -2.35. The molecule has 1 aliphatic rings. The smallest absolute Gasteiger partial charge is 0.00643 e. The summed E-state index contributed by atoms with van der Waals surface area (Å²) in [5.41, 5.74) is 5.64. The maximum absolute atomic E-state index is 5.64. The number of nitrogens with zero attached hydrogens (tertiary/aromatic N) is 1. The van der Waals surface area contributed by atoms with Crippen LogP contribution in [0.1, 0.15) is 33.1 Å². The minimum Gasteiger partial charge on any atom is -0.330 e. The molecule has 0 bridgehead atoms. The molecule has 0 aromatic carbocycles. The van der Waals surface area contributed by atoms with Gasteiger partial charge in [-0.1, -0.05) is 6.92 Å². The standard InChI is InChI=1S/C10H22N2/c1-3-9(2)12-6-4-10(8-11)5-7-12/h9-10H,3-8,11H2,1-2H3/t9-/m1/s1. The normalized spacial score (nSPS) is 24.2. The van der Waals surface area contributed by atoms with Crippen LogP contribution in [0.15, 0.2) is 0 Å². The molecule has 0 radical (unpaired) electrons. The first-order valence-corrected chi connectivity index (χ1v) is 5.22. The van der Waals surface area contributed by atoms with Crippen LogP contribution in [-0.4, -0.2) is 30.6 Å². The van der Waals surface area contributed by atoms with Crippen molar-refractivity contribution in [3.8, 4) is 0 Å². The third-order valence-electron chi connectivity index (χ3n) is 3.20. The largest absolute Gasteiger partial charge is 0.330 e. The average Bonchev–Trinajstić information content (AvgIpc) is 2.17. The van der Waals surface area contributed by atoms with Gasteiger partial charge in [-0.25, -0.2) is 0 Å². The van der Waals surface area contributed by atoms with Crippen molar-refractivity contribution in [2.75, 3.05) is 19.6 Å². The minimum absolute atomic E-state index is 0.767. The lowest BCUT2D eigenvalue weighted by atomic mass is 9.96. The van der Waals surface area contributed by atoms with E-state index in [0.29, 0.717) is 0 Å². The van der Waals surface area contributed by atoms with Gasteiger partial charge in [0.1, 0.15) is 0 Å². The Kier molecular flexibility index (Phi) is 4.02. The molecule has 2 heteroatoms. The number of rotatable bonds is 3. The van der Waals surface area contributed by atoms with Crippen LogP contribution in [0, 0.1) is 5.92 Å². The first kappa shape index (κ1) is 10.0. The fourth-order valence-electron chi connectivity index (χ4n) is 1.89. The second-order valence-corrected chi connectivity index (χ2v) is 3.97. The van der Waals surface area contributed by atoms with Crippen molar-refractivity contribution in [3.05, 3.63) is 0 Å². The third kappa shape index (κ3) is 2.46. The van der Waals surface area contributed by atoms with Gasteiger partial charge in [-0.05, 0) is 51.7 Å². The average molecular weight is 170 g/mol. The molecule has 2 nitrogen and oxygen atoms in total. The number of hydrogen-bond donors (Lipinski definition) is 1. The Hall–Kier alpha value is -0.0800. The van der Waals surface area contributed by atoms with Crippen LogP contribution < -0.4 is 5.73 Å². The molecule has 1 rings (SSSR count). The van der Waals surface area contributed by atoms with E-state index in [0.717, 1.165) is 18.5 Å². The Labute approximate surface area is 76.1 Å². The zero-order chi connectivity index (χ0) is 8.97. The summed E-state index contributed by atoms with van der Waals surface area (Å²) >= 11 is 0. The lowest BCUT2D eigenvalue weighted by Crippen LogP contribution is -2.41. The quantitative estimate of drug-likeness (QED) is 0.694. The predicted octanol–water partition coefficient (Wildman–Crippen LogP) is 1.46. The molecule has 0 aromatic heterocycles. The summed E-state index contributed by atoms with van der Waals surface area (Å²) in [4.78, 5) is 2.59. The summed E-state index contributed by atoms with van der Waals surface area (Å²) in [7, 11) is 0. The van der Waals surface area contributed by atoms with Crippen LogP contribution >= 0.6 is 0 Å². The van der Waals surface area contributed by atoms with Gasteiger partial charge in [0.2, 0.25) is 0 Å². The lowest BCUT2D eigenvalue weighted by molar-refractivity contribution is 0.140. The maximum atomic E-state index is 5.64. The zero-order valence-corrected chi connectivity index (χ0v) is 8.42. The summed E-state index contributed by atoms with van der Waals surface area (Å²) in [5.74, 6) is 0.797. The van der Waals surface area contributed by atoms with Crippen molar-refractivity contribution in [2.24, 2.45) is 11.7 Å². The van der Waals surface area contributed by atoms with E-state index >= 15 is 0 Å². The molecule has 0 saturated carbocycles. The van der Waals surface area contributed by atoms with Crippen LogP contribution in [0.25, 0.3) is 0 Å². The predicted molar refractivity (Wildman–Crippen MR) is 53.1 cm³/mol. The van der Waals surface area contributed by atoms with Crippen molar-refractivity contribution >= 4 is 0 Å². The molecule has 0 amide bonds. The molecule has 2 N–H and O–H groups in total. The Morgan fingerprint density at radius 3 is 2.42 bits per heavy atom. The summed E-state index contributed by atoms with van der Waals surface area (Å²) in [6.07, 6.45) is 3.88. The summed E-state index contributed by atoms with van der Waals surface area (Å²) in [6.45, 7) is 7.99. The fraction of sp³-hybridized carbons (Fsp3) is 1.00. The van der Waals surface area contributed by atoms with Gasteiger partial charge in [-0.15, -0.1) is 0 Å². The molecule has 1 fully saturated rings. The Morgan fingerprint density at radius 1 is 1.42 bits per heavy atom. The molecule has 12 heavy (non-hydrogen) atoms. The molecule has 1 saturated heterocycles. The molecule has 1 atom stereocenters. The second-order valence-electron chi connectivity index (χ2n) is 3.97. The summed E-state index contributed by atoms with van der Waals surface area (Å²) in [5, 5.41) is 0. The van der Waals surface area contributed by atoms with Gasteiger partial charge in [0.05, 0.1) is 0 Å². The van der Waals surface area contributed by atoms with Gasteiger partial charge < -0.3 is 10.6 Å². The highest BCUT2D eigenvalue weighted by Crippen LogP contribution is 2.18. The second kappa shape index (κ2) is 4.83. The molecule has 72 valence electrons. The van der Waals surface area contributed by atoms with Crippen LogP contribution in [0.3, 0.4) is 0 Å². The number of piperidine rings is 1. The van der Waals surface area contributed by atoms with E-state index in [2.05, 4.69) is 18.7 Å². The molecule has 1 heterocycles. The Balaban J connectivity index is 2.25. The van der Waals surface area contributed by atoms with E-state index < -0.39 is 0 Å². The number of nitrogens with two attached hydrogens (primary N) is 1. The fourth-order valence-corrected chi connectivity index (χ4v) is 1.89. The highest BCUT2D eigenvalue weighted by atomic mass is 15.2. The van der Waals surface area contributed by atoms with Gasteiger partial charge in [-0.2, -0.15) is 0 Å². The topological polar surface area (TPSA) is 29.3 Å². The van der Waals surface area contributed by atoms with E-state index in [4.69, 9.17) is 5.73 Å². The molecular weight excluding hydrogens is 148 g/mol. The molecule has 0 spiro atoms. The zero-order valence-electron chi connectivity index (χ0n) is 8.42. The SMILES string of the molecule is CC[C@@H](C)N1CCC(CN)CC1. The van der Waals surface area contributed by atoms with Crippen LogP contribution in [0.4, 0.5) is 0 Å². The molecule has 0 unspecified atom stereocenters. The first-order chi connectivity index (χ1) is 5.77. The van der Waals surface area contributed by atoms with Crippen molar-refractivity contribution in [1.82, 2.24) is 4.90 Å². The van der Waals surface area contributed by atoms with Gasteiger partial charge in [0.15, 0.2) is 0 Å². The number of hydrogen-bond acceptors (Lipinski definition) is 2. The van der Waals surface area contributed by atoms with E-state index in [9.17, 15) is 0 Å². The third-order valence-corrected chi connectivity index (χ3v) is 3.20. The summed E-state index contributed by atoms with van der Waals surface area (Å²) < 4.78 is 0. The maximum Gasteiger partial charge on any atom is 0.00643 e. The number of likely N-dealkylation sites (tertiary alicyclic amines) is 1. The molecule has 0 aliphatic carbocycles. The first-order valence-electron chi connectivity index (χ1n) is 5.22. The summed E-state index contributed by atoms with van der Waals surface area (Å²) in [6, 6.07) is 0.767. The van der Waals surface area contributed by atoms with Gasteiger partial charge in [-0.3, -0.25) is 0 Å². The Bertz CT molecular complexity index is 117. The van der Waals surface area contributed by atoms with Gasteiger partial charge >= 0.3 is 0 Å². The van der Waals surface area contributed by atoms with Crippen molar-refractivity contribution < 1.29 is 0 Å². The molecule has 0 aromatic rings. The van der Waals surface area contributed by atoms with E-state index in [1.165, 1.54) is 32.4 Å². The molecule has 1 aliphatic heterocycles. The highest BCUT2D eigenvalue weighted by Gasteiger charge is 2.20. The van der Waals surface area contributed by atoms with Crippen molar-refractivity contribution in [1.29, 1.82) is 0 Å². The Morgan fingerprint density at radius 2 is 2.00 bits per heavy atom.